The first kappa shape index (κ1) is 13.9. The molecule has 0 atom stereocenters. The summed E-state index contributed by atoms with van der Waals surface area (Å²) in [5, 5.41) is 0. The van der Waals surface area contributed by atoms with Gasteiger partial charge >= 0.3 is 0 Å². The van der Waals surface area contributed by atoms with Gasteiger partial charge in [-0.3, -0.25) is 4.79 Å². The van der Waals surface area contributed by atoms with Crippen LogP contribution in [0.2, 0.25) is 0 Å². The molecule has 2 rings (SSSR count). The summed E-state index contributed by atoms with van der Waals surface area (Å²) in [6, 6.07) is 10.4. The van der Waals surface area contributed by atoms with Gasteiger partial charge in [-0.1, -0.05) is 39.0 Å². The minimum absolute atomic E-state index is 0.0770. The first-order chi connectivity index (χ1) is 8.96. The highest BCUT2D eigenvalue weighted by Crippen LogP contribution is 2.21. The van der Waals surface area contributed by atoms with Gasteiger partial charge in [0.05, 0.1) is 0 Å². The number of amides is 1. The van der Waals surface area contributed by atoms with Gasteiger partial charge in [0.15, 0.2) is 0 Å². The number of anilines is 1. The Balaban J connectivity index is 1.88. The van der Waals surface area contributed by atoms with Gasteiger partial charge in [-0.25, -0.2) is 0 Å². The number of benzene rings is 1. The number of hydrogen-bond acceptors (Lipinski definition) is 2. The molecule has 0 aliphatic carbocycles. The van der Waals surface area contributed by atoms with Crippen molar-refractivity contribution in [1.82, 2.24) is 4.90 Å². The second kappa shape index (κ2) is 5.64. The number of carbonyl (C=O) groups excluding carboxylic acids is 1. The molecule has 1 aliphatic heterocycles. The van der Waals surface area contributed by atoms with E-state index in [1.54, 1.807) is 0 Å². The van der Waals surface area contributed by atoms with Crippen molar-refractivity contribution in [2.45, 2.75) is 27.2 Å². The fraction of sp³-hybridized carbons (Fsp3) is 0.562. The normalized spacial score (nSPS) is 16.6. The highest BCUT2D eigenvalue weighted by molar-refractivity contribution is 5.77. The molecule has 0 spiro atoms. The molecule has 0 unspecified atom stereocenters. The van der Waals surface area contributed by atoms with Crippen molar-refractivity contribution in [2.24, 2.45) is 5.41 Å². The van der Waals surface area contributed by atoms with Crippen LogP contribution in [0, 0.1) is 5.41 Å². The molecule has 1 amide bonds. The van der Waals surface area contributed by atoms with E-state index in [4.69, 9.17) is 0 Å². The zero-order chi connectivity index (χ0) is 13.9. The van der Waals surface area contributed by atoms with E-state index in [1.165, 1.54) is 5.69 Å². The molecule has 0 N–H and O–H groups in total. The summed E-state index contributed by atoms with van der Waals surface area (Å²) in [5.74, 6) is 0.292. The summed E-state index contributed by atoms with van der Waals surface area (Å²) >= 11 is 0. The first-order valence-electron chi connectivity index (χ1n) is 7.03. The second-order valence-electron chi connectivity index (χ2n) is 6.44. The number of rotatable bonds is 2. The van der Waals surface area contributed by atoms with Crippen LogP contribution in [-0.2, 0) is 4.79 Å². The third-order valence-electron chi connectivity index (χ3n) is 3.44. The lowest BCUT2D eigenvalue weighted by molar-refractivity contribution is -0.133. The van der Waals surface area contributed by atoms with Crippen LogP contribution in [0.15, 0.2) is 30.3 Å². The molecule has 0 saturated carbocycles. The van der Waals surface area contributed by atoms with Crippen LogP contribution < -0.4 is 4.90 Å². The first-order valence-corrected chi connectivity index (χ1v) is 7.03. The Bertz CT molecular complexity index is 414. The van der Waals surface area contributed by atoms with Gasteiger partial charge in [-0.05, 0) is 17.5 Å². The average Bonchev–Trinajstić information content (AvgIpc) is 2.38. The van der Waals surface area contributed by atoms with Gasteiger partial charge in [0.2, 0.25) is 5.91 Å². The molecule has 0 radical (unpaired) electrons. The largest absolute Gasteiger partial charge is 0.368 e. The van der Waals surface area contributed by atoms with Crippen LogP contribution in [0.3, 0.4) is 0 Å². The van der Waals surface area contributed by atoms with Crippen LogP contribution in [-0.4, -0.2) is 37.0 Å². The minimum atomic E-state index is 0.0770. The maximum atomic E-state index is 12.2. The molecule has 0 aromatic heterocycles. The topological polar surface area (TPSA) is 23.6 Å². The zero-order valence-electron chi connectivity index (χ0n) is 12.2. The molecule has 1 heterocycles. The lowest BCUT2D eigenvalue weighted by Gasteiger charge is -2.37. The third-order valence-corrected chi connectivity index (χ3v) is 3.44. The standard InChI is InChI=1S/C16H24N2O/c1-16(2,3)13-15(19)18-11-9-17(10-12-18)14-7-5-4-6-8-14/h4-8H,9-13H2,1-3H3. The summed E-state index contributed by atoms with van der Waals surface area (Å²) in [5.41, 5.74) is 1.33. The Kier molecular flexibility index (Phi) is 4.13. The van der Waals surface area contributed by atoms with E-state index in [0.717, 1.165) is 26.2 Å². The van der Waals surface area contributed by atoms with Gasteiger partial charge < -0.3 is 9.80 Å². The van der Waals surface area contributed by atoms with E-state index in [9.17, 15) is 4.79 Å². The molecule has 1 aliphatic rings. The number of nitrogens with zero attached hydrogens (tertiary/aromatic N) is 2. The summed E-state index contributed by atoms with van der Waals surface area (Å²) in [4.78, 5) is 16.5. The van der Waals surface area contributed by atoms with Crippen LogP contribution in [0.1, 0.15) is 27.2 Å². The maximum absolute atomic E-state index is 12.2. The van der Waals surface area contributed by atoms with Gasteiger partial charge in [-0.15, -0.1) is 0 Å². The Hall–Kier alpha value is -1.51. The van der Waals surface area contributed by atoms with Crippen molar-refractivity contribution in [1.29, 1.82) is 0 Å². The SMILES string of the molecule is CC(C)(C)CC(=O)N1CCN(c2ccccc2)CC1. The van der Waals surface area contributed by atoms with Crippen LogP contribution in [0.5, 0.6) is 0 Å². The molecule has 19 heavy (non-hydrogen) atoms. The maximum Gasteiger partial charge on any atom is 0.223 e. The van der Waals surface area contributed by atoms with Gasteiger partial charge in [0.1, 0.15) is 0 Å². The molecule has 3 nitrogen and oxygen atoms in total. The van der Waals surface area contributed by atoms with Crippen molar-refractivity contribution >= 4 is 11.6 Å². The Morgan fingerprint density at radius 1 is 1.05 bits per heavy atom. The van der Waals surface area contributed by atoms with E-state index in [0.29, 0.717) is 12.3 Å². The third kappa shape index (κ3) is 3.98. The lowest BCUT2D eigenvalue weighted by atomic mass is 9.91. The molecule has 1 aromatic rings. The number of para-hydroxylation sites is 1. The molecule has 1 aromatic carbocycles. The highest BCUT2D eigenvalue weighted by atomic mass is 16.2. The van der Waals surface area contributed by atoms with Crippen LogP contribution in [0.25, 0.3) is 0 Å². The van der Waals surface area contributed by atoms with Gasteiger partial charge in [-0.2, -0.15) is 0 Å². The molecule has 0 bridgehead atoms. The van der Waals surface area contributed by atoms with Crippen molar-refractivity contribution in [3.63, 3.8) is 0 Å². The predicted molar refractivity (Wildman–Crippen MR) is 79.3 cm³/mol. The lowest BCUT2D eigenvalue weighted by Crippen LogP contribution is -2.49. The number of piperazine rings is 1. The molecule has 1 saturated heterocycles. The Labute approximate surface area is 116 Å². The quantitative estimate of drug-likeness (QED) is 0.816. The zero-order valence-corrected chi connectivity index (χ0v) is 12.2. The smallest absolute Gasteiger partial charge is 0.223 e. The summed E-state index contributed by atoms with van der Waals surface area (Å²) in [7, 11) is 0. The van der Waals surface area contributed by atoms with Crippen molar-refractivity contribution in [3.05, 3.63) is 30.3 Å². The summed E-state index contributed by atoms with van der Waals surface area (Å²) in [6.07, 6.45) is 0.637. The van der Waals surface area contributed by atoms with E-state index in [1.807, 2.05) is 11.0 Å². The van der Waals surface area contributed by atoms with Crippen molar-refractivity contribution < 1.29 is 4.79 Å². The highest BCUT2D eigenvalue weighted by Gasteiger charge is 2.24. The second-order valence-corrected chi connectivity index (χ2v) is 6.44. The predicted octanol–water partition coefficient (Wildman–Crippen LogP) is 2.77. The number of carbonyl (C=O) groups is 1. The molecular formula is C16H24N2O. The van der Waals surface area contributed by atoms with Gasteiger partial charge in [0, 0.05) is 38.3 Å². The Morgan fingerprint density at radius 3 is 2.16 bits per heavy atom. The van der Waals surface area contributed by atoms with Crippen molar-refractivity contribution in [3.8, 4) is 0 Å². The van der Waals surface area contributed by atoms with E-state index < -0.39 is 0 Å². The van der Waals surface area contributed by atoms with E-state index >= 15 is 0 Å². The molecular weight excluding hydrogens is 236 g/mol. The fourth-order valence-electron chi connectivity index (χ4n) is 2.42. The van der Waals surface area contributed by atoms with Crippen molar-refractivity contribution in [2.75, 3.05) is 31.1 Å². The van der Waals surface area contributed by atoms with E-state index in [2.05, 4.69) is 49.9 Å². The molecule has 104 valence electrons. The average molecular weight is 260 g/mol. The number of hydrogen-bond donors (Lipinski definition) is 0. The molecule has 3 heteroatoms. The molecule has 1 fully saturated rings. The van der Waals surface area contributed by atoms with Gasteiger partial charge in [0.25, 0.3) is 0 Å². The summed E-state index contributed by atoms with van der Waals surface area (Å²) in [6.45, 7) is 9.88. The summed E-state index contributed by atoms with van der Waals surface area (Å²) < 4.78 is 0. The minimum Gasteiger partial charge on any atom is -0.368 e. The monoisotopic (exact) mass is 260 g/mol. The fourth-order valence-corrected chi connectivity index (χ4v) is 2.42. The van der Waals surface area contributed by atoms with Crippen LogP contribution >= 0.6 is 0 Å². The van der Waals surface area contributed by atoms with E-state index in [-0.39, 0.29) is 5.41 Å². The Morgan fingerprint density at radius 2 is 1.63 bits per heavy atom. The van der Waals surface area contributed by atoms with Crippen LogP contribution in [0.4, 0.5) is 5.69 Å².